The zero-order valence-corrected chi connectivity index (χ0v) is 26.6. The number of hydrogen-bond acceptors (Lipinski definition) is 4. The number of nitrogens with zero attached hydrogens (tertiary/aromatic N) is 2. The van der Waals surface area contributed by atoms with Gasteiger partial charge in [-0.15, -0.1) is 0 Å². The molecule has 9 heteroatoms. The highest BCUT2D eigenvalue weighted by Gasteiger charge is 2.33. The Morgan fingerprint density at radius 2 is 1.59 bits per heavy atom. The Morgan fingerprint density at radius 3 is 2.22 bits per heavy atom. The van der Waals surface area contributed by atoms with Crippen LogP contribution in [0.2, 0.25) is 0 Å². The van der Waals surface area contributed by atoms with Crippen molar-refractivity contribution in [3.05, 3.63) is 100 Å². The van der Waals surface area contributed by atoms with E-state index in [2.05, 4.69) is 21.2 Å². The van der Waals surface area contributed by atoms with Gasteiger partial charge in [-0.1, -0.05) is 104 Å². The van der Waals surface area contributed by atoms with Gasteiger partial charge < -0.3 is 10.2 Å². The van der Waals surface area contributed by atoms with Crippen LogP contribution in [0, 0.1) is 0 Å². The number of nitrogens with one attached hydrogen (secondary N) is 1. The molecule has 1 atom stereocenters. The van der Waals surface area contributed by atoms with Gasteiger partial charge in [-0.2, -0.15) is 0 Å². The molecule has 0 unspecified atom stereocenters. The quantitative estimate of drug-likeness (QED) is 0.222. The van der Waals surface area contributed by atoms with Crippen molar-refractivity contribution < 1.29 is 18.0 Å². The first kappa shape index (κ1) is 32.3. The van der Waals surface area contributed by atoms with Gasteiger partial charge in [0.05, 0.1) is 11.9 Å². The number of rotatable bonds is 14. The van der Waals surface area contributed by atoms with Crippen LogP contribution >= 0.6 is 15.9 Å². The Morgan fingerprint density at radius 1 is 0.927 bits per heavy atom. The lowest BCUT2D eigenvalue weighted by molar-refractivity contribution is -0.140. The number of carbonyl (C=O) groups is 2. The summed E-state index contributed by atoms with van der Waals surface area (Å²) in [4.78, 5) is 29.4. The van der Waals surface area contributed by atoms with E-state index in [9.17, 15) is 18.0 Å². The molecule has 0 fully saturated rings. The van der Waals surface area contributed by atoms with Gasteiger partial charge in [0.2, 0.25) is 21.8 Å². The molecule has 0 aliphatic carbocycles. The molecular weight excluding hydrogens is 602 g/mol. The van der Waals surface area contributed by atoms with E-state index in [1.54, 1.807) is 12.1 Å². The zero-order chi connectivity index (χ0) is 30.0. The van der Waals surface area contributed by atoms with Crippen LogP contribution in [0.5, 0.6) is 0 Å². The highest BCUT2D eigenvalue weighted by molar-refractivity contribution is 9.10. The Balaban J connectivity index is 2.07. The molecule has 0 saturated carbocycles. The number of unbranched alkanes of at least 4 members (excludes halogenated alkanes) is 1. The first-order chi connectivity index (χ1) is 19.5. The van der Waals surface area contributed by atoms with E-state index in [1.165, 1.54) is 4.90 Å². The molecule has 41 heavy (non-hydrogen) atoms. The Labute approximate surface area is 253 Å². The van der Waals surface area contributed by atoms with Gasteiger partial charge in [-0.05, 0) is 47.2 Å². The van der Waals surface area contributed by atoms with Crippen molar-refractivity contribution in [2.75, 3.05) is 23.7 Å². The fourth-order valence-electron chi connectivity index (χ4n) is 4.69. The smallest absolute Gasteiger partial charge is 0.244 e. The fraction of sp³-hybridized carbons (Fsp3) is 0.375. The lowest BCUT2D eigenvalue weighted by Crippen LogP contribution is -2.53. The lowest BCUT2D eigenvalue weighted by Gasteiger charge is -2.34. The van der Waals surface area contributed by atoms with E-state index < -0.39 is 28.5 Å². The standard InChI is InChI=1S/C32H40BrN3O4S/c1-5-6-19-34-32(38)30(21-25-13-8-7-9-14-25)35(22-26-15-12-16-27(33)20-26)31(37)23-36(41(4,39)40)29-18-11-10-17-28(29)24(2)3/h7-18,20,24,30H,5-6,19,21-23H2,1-4H3,(H,34,38)/t30-/m0/s1. The SMILES string of the molecule is CCCCNC(=O)[C@H](Cc1ccccc1)N(Cc1cccc(Br)c1)C(=O)CN(c1ccccc1C(C)C)S(C)(=O)=O. The highest BCUT2D eigenvalue weighted by Crippen LogP contribution is 2.29. The summed E-state index contributed by atoms with van der Waals surface area (Å²) in [6.45, 7) is 6.22. The van der Waals surface area contributed by atoms with E-state index in [0.29, 0.717) is 18.7 Å². The van der Waals surface area contributed by atoms with Crippen LogP contribution in [0.25, 0.3) is 0 Å². The molecule has 220 valence electrons. The highest BCUT2D eigenvalue weighted by atomic mass is 79.9. The normalized spacial score (nSPS) is 12.1. The number of halogens is 1. The number of para-hydroxylation sites is 1. The van der Waals surface area contributed by atoms with Crippen LogP contribution in [-0.4, -0.2) is 50.5 Å². The largest absolute Gasteiger partial charge is 0.354 e. The predicted molar refractivity (Wildman–Crippen MR) is 169 cm³/mol. The lowest BCUT2D eigenvalue weighted by atomic mass is 10.0. The zero-order valence-electron chi connectivity index (χ0n) is 24.2. The molecule has 7 nitrogen and oxygen atoms in total. The van der Waals surface area contributed by atoms with E-state index in [4.69, 9.17) is 0 Å². The maximum atomic E-state index is 14.2. The van der Waals surface area contributed by atoms with Gasteiger partial charge in [0.25, 0.3) is 0 Å². The molecule has 0 spiro atoms. The molecule has 0 radical (unpaired) electrons. The summed E-state index contributed by atoms with van der Waals surface area (Å²) in [6.07, 6.45) is 3.13. The van der Waals surface area contributed by atoms with Crippen LogP contribution < -0.4 is 9.62 Å². The van der Waals surface area contributed by atoms with E-state index in [-0.39, 0.29) is 18.4 Å². The first-order valence-corrected chi connectivity index (χ1v) is 16.6. The average Bonchev–Trinajstić information content (AvgIpc) is 2.93. The van der Waals surface area contributed by atoms with Gasteiger partial charge in [-0.25, -0.2) is 8.42 Å². The second-order valence-electron chi connectivity index (χ2n) is 10.5. The van der Waals surface area contributed by atoms with E-state index in [1.807, 2.05) is 87.5 Å². The molecule has 0 aromatic heterocycles. The van der Waals surface area contributed by atoms with Crippen molar-refractivity contribution in [2.24, 2.45) is 0 Å². The monoisotopic (exact) mass is 641 g/mol. The Hall–Kier alpha value is -3.17. The second kappa shape index (κ2) is 15.2. The Bertz CT molecular complexity index is 1410. The summed E-state index contributed by atoms with van der Waals surface area (Å²) < 4.78 is 28.2. The van der Waals surface area contributed by atoms with Crippen LogP contribution in [0.3, 0.4) is 0 Å². The number of hydrogen-bond donors (Lipinski definition) is 1. The minimum absolute atomic E-state index is 0.0403. The van der Waals surface area contributed by atoms with Crippen molar-refractivity contribution in [3.63, 3.8) is 0 Å². The minimum Gasteiger partial charge on any atom is -0.354 e. The second-order valence-corrected chi connectivity index (χ2v) is 13.3. The van der Waals surface area contributed by atoms with Crippen LogP contribution in [0.1, 0.15) is 56.2 Å². The van der Waals surface area contributed by atoms with Crippen molar-refractivity contribution in [3.8, 4) is 0 Å². The van der Waals surface area contributed by atoms with Gasteiger partial charge in [0, 0.05) is 24.0 Å². The first-order valence-electron chi connectivity index (χ1n) is 13.9. The van der Waals surface area contributed by atoms with E-state index >= 15 is 0 Å². The Kier molecular flexibility index (Phi) is 12.0. The van der Waals surface area contributed by atoms with Crippen LogP contribution in [0.15, 0.2) is 83.3 Å². The third-order valence-electron chi connectivity index (χ3n) is 6.85. The number of anilines is 1. The van der Waals surface area contributed by atoms with Crippen LogP contribution in [-0.2, 0) is 32.6 Å². The molecule has 2 amide bonds. The average molecular weight is 643 g/mol. The van der Waals surface area contributed by atoms with Crippen molar-refractivity contribution in [1.29, 1.82) is 0 Å². The topological polar surface area (TPSA) is 86.8 Å². The molecule has 3 aromatic carbocycles. The molecule has 0 saturated heterocycles. The maximum absolute atomic E-state index is 14.2. The van der Waals surface area contributed by atoms with Crippen molar-refractivity contribution >= 4 is 43.5 Å². The van der Waals surface area contributed by atoms with Gasteiger partial charge in [0.15, 0.2) is 0 Å². The molecule has 0 aliphatic rings. The minimum atomic E-state index is -3.83. The molecule has 0 bridgehead atoms. The summed E-state index contributed by atoms with van der Waals surface area (Å²) >= 11 is 3.50. The molecule has 0 aliphatic heterocycles. The summed E-state index contributed by atoms with van der Waals surface area (Å²) in [7, 11) is -3.83. The maximum Gasteiger partial charge on any atom is 0.244 e. The van der Waals surface area contributed by atoms with Gasteiger partial charge in [0.1, 0.15) is 12.6 Å². The van der Waals surface area contributed by atoms with Gasteiger partial charge >= 0.3 is 0 Å². The number of sulfonamides is 1. The van der Waals surface area contributed by atoms with Crippen molar-refractivity contribution in [1.82, 2.24) is 10.2 Å². The summed E-state index contributed by atoms with van der Waals surface area (Å²) in [5.74, 6) is -0.682. The number of amides is 2. The number of benzene rings is 3. The summed E-state index contributed by atoms with van der Waals surface area (Å²) in [6, 6.07) is 23.5. The molecule has 0 heterocycles. The third kappa shape index (κ3) is 9.43. The van der Waals surface area contributed by atoms with Crippen LogP contribution in [0.4, 0.5) is 5.69 Å². The molecule has 3 rings (SSSR count). The molecule has 1 N–H and O–H groups in total. The molecule has 3 aromatic rings. The van der Waals surface area contributed by atoms with E-state index in [0.717, 1.165) is 44.6 Å². The third-order valence-corrected chi connectivity index (χ3v) is 8.47. The number of carbonyl (C=O) groups excluding carboxylic acids is 2. The predicted octanol–water partition coefficient (Wildman–Crippen LogP) is 5.89. The molecular formula is C32H40BrN3O4S. The van der Waals surface area contributed by atoms with Gasteiger partial charge in [-0.3, -0.25) is 13.9 Å². The summed E-state index contributed by atoms with van der Waals surface area (Å²) in [5.41, 5.74) is 3.01. The summed E-state index contributed by atoms with van der Waals surface area (Å²) in [5, 5.41) is 3.00. The van der Waals surface area contributed by atoms with Crippen molar-refractivity contribution in [2.45, 2.75) is 58.5 Å². The fourth-order valence-corrected chi connectivity index (χ4v) is 6.00.